The van der Waals surface area contributed by atoms with E-state index >= 15 is 0 Å². The van der Waals surface area contributed by atoms with Gasteiger partial charge in [-0.3, -0.25) is 0 Å². The molecule has 0 aliphatic rings. The van der Waals surface area contributed by atoms with Crippen LogP contribution in [0.25, 0.3) is 0 Å². The molecule has 1 rings (SSSR count). The fraction of sp³-hybridized carbons (Fsp3) is 0.300. The summed E-state index contributed by atoms with van der Waals surface area (Å²) in [4.78, 5) is 10.2. The van der Waals surface area contributed by atoms with Gasteiger partial charge in [-0.15, -0.1) is 0 Å². The van der Waals surface area contributed by atoms with Gasteiger partial charge in [0, 0.05) is 6.04 Å². The molecule has 0 bridgehead atoms. The largest absolute Gasteiger partial charge is 0.384 e. The number of aliphatic hydroxyl groups is 1. The number of carbonyl (C=O) groups is 1. The Labute approximate surface area is 77.2 Å². The van der Waals surface area contributed by atoms with Crippen molar-refractivity contribution in [2.75, 3.05) is 0 Å². The molecular weight excluding hydrogens is 166 g/mol. The monoisotopic (exact) mass is 179 g/mol. The topological polar surface area (TPSA) is 63.3 Å². The van der Waals surface area contributed by atoms with Crippen LogP contribution in [-0.4, -0.2) is 23.5 Å². The van der Waals surface area contributed by atoms with E-state index in [0.29, 0.717) is 12.7 Å². The summed E-state index contributed by atoms with van der Waals surface area (Å²) in [6.45, 7) is 0. The Bertz CT molecular complexity index is 261. The van der Waals surface area contributed by atoms with Gasteiger partial charge in [0.1, 0.15) is 12.4 Å². The molecule has 0 saturated carbocycles. The minimum absolute atomic E-state index is 0.466. The number of aliphatic hydroxyl groups excluding tert-OH is 1. The van der Waals surface area contributed by atoms with Gasteiger partial charge < -0.3 is 15.6 Å². The highest BCUT2D eigenvalue weighted by molar-refractivity contribution is 5.56. The number of rotatable bonds is 4. The van der Waals surface area contributed by atoms with Gasteiger partial charge in [0.15, 0.2) is 0 Å². The molecule has 70 valence electrons. The number of hydrogen-bond acceptors (Lipinski definition) is 3. The Balaban J connectivity index is 2.54. The number of aldehydes is 1. The first kappa shape index (κ1) is 9.89. The Morgan fingerprint density at radius 1 is 1.38 bits per heavy atom. The average Bonchev–Trinajstić information content (AvgIpc) is 2.18. The van der Waals surface area contributed by atoms with Crippen LogP contribution in [0.4, 0.5) is 0 Å². The van der Waals surface area contributed by atoms with E-state index in [1.165, 1.54) is 0 Å². The Hall–Kier alpha value is -1.19. The molecule has 13 heavy (non-hydrogen) atoms. The molecule has 1 aromatic carbocycles. The second-order valence-electron chi connectivity index (χ2n) is 2.98. The van der Waals surface area contributed by atoms with Gasteiger partial charge >= 0.3 is 0 Å². The molecule has 0 aliphatic heterocycles. The van der Waals surface area contributed by atoms with E-state index in [2.05, 4.69) is 0 Å². The third-order valence-corrected chi connectivity index (χ3v) is 1.89. The second-order valence-corrected chi connectivity index (χ2v) is 2.98. The number of hydrogen-bond donors (Lipinski definition) is 2. The average molecular weight is 179 g/mol. The van der Waals surface area contributed by atoms with Crippen molar-refractivity contribution in [3.8, 4) is 0 Å². The molecule has 0 radical (unpaired) electrons. The summed E-state index contributed by atoms with van der Waals surface area (Å²) in [5.74, 6) is 0. The quantitative estimate of drug-likeness (QED) is 0.645. The van der Waals surface area contributed by atoms with Crippen molar-refractivity contribution in [2.24, 2.45) is 5.73 Å². The lowest BCUT2D eigenvalue weighted by Crippen LogP contribution is -2.37. The Morgan fingerprint density at radius 2 is 2.00 bits per heavy atom. The van der Waals surface area contributed by atoms with Crippen LogP contribution in [-0.2, 0) is 11.2 Å². The number of carbonyl (C=O) groups excluding carboxylic acids is 1. The Morgan fingerprint density at radius 3 is 2.54 bits per heavy atom. The summed E-state index contributed by atoms with van der Waals surface area (Å²) in [5, 5.41) is 9.09. The molecular formula is C10H13NO2. The zero-order chi connectivity index (χ0) is 9.68. The number of nitrogens with two attached hydrogens (primary N) is 1. The third kappa shape index (κ3) is 2.97. The molecule has 0 fully saturated rings. The molecule has 0 spiro atoms. The highest BCUT2D eigenvalue weighted by atomic mass is 16.3. The zero-order valence-corrected chi connectivity index (χ0v) is 7.26. The van der Waals surface area contributed by atoms with Crippen molar-refractivity contribution in [2.45, 2.75) is 18.6 Å². The first-order chi connectivity index (χ1) is 6.24. The van der Waals surface area contributed by atoms with Crippen molar-refractivity contribution in [1.82, 2.24) is 0 Å². The van der Waals surface area contributed by atoms with Gasteiger partial charge in [-0.25, -0.2) is 0 Å². The van der Waals surface area contributed by atoms with Crippen LogP contribution in [0.1, 0.15) is 5.56 Å². The van der Waals surface area contributed by atoms with Gasteiger partial charge in [-0.05, 0) is 12.0 Å². The summed E-state index contributed by atoms with van der Waals surface area (Å²) in [5.41, 5.74) is 6.60. The molecule has 2 atom stereocenters. The van der Waals surface area contributed by atoms with Gasteiger partial charge in [0.2, 0.25) is 0 Å². The van der Waals surface area contributed by atoms with E-state index in [4.69, 9.17) is 10.8 Å². The minimum atomic E-state index is -1.07. The van der Waals surface area contributed by atoms with Crippen molar-refractivity contribution in [3.63, 3.8) is 0 Å². The molecule has 1 aromatic rings. The van der Waals surface area contributed by atoms with Gasteiger partial charge in [0.25, 0.3) is 0 Å². The maximum absolute atomic E-state index is 10.2. The zero-order valence-electron chi connectivity index (χ0n) is 7.26. The molecule has 3 nitrogen and oxygen atoms in total. The molecule has 0 aliphatic carbocycles. The van der Waals surface area contributed by atoms with Gasteiger partial charge in [-0.2, -0.15) is 0 Å². The highest BCUT2D eigenvalue weighted by Gasteiger charge is 2.13. The summed E-state index contributed by atoms with van der Waals surface area (Å²) >= 11 is 0. The maximum Gasteiger partial charge on any atom is 0.150 e. The van der Waals surface area contributed by atoms with Crippen LogP contribution in [0.3, 0.4) is 0 Å². The lowest BCUT2D eigenvalue weighted by atomic mass is 10.0. The smallest absolute Gasteiger partial charge is 0.150 e. The second kappa shape index (κ2) is 4.74. The summed E-state index contributed by atoms with van der Waals surface area (Å²) in [6, 6.07) is 9.02. The van der Waals surface area contributed by atoms with Gasteiger partial charge in [-0.1, -0.05) is 30.3 Å². The molecule has 0 unspecified atom stereocenters. The van der Waals surface area contributed by atoms with E-state index in [1.54, 1.807) is 0 Å². The van der Waals surface area contributed by atoms with E-state index in [1.807, 2.05) is 30.3 Å². The fourth-order valence-electron chi connectivity index (χ4n) is 1.11. The van der Waals surface area contributed by atoms with Crippen molar-refractivity contribution in [1.29, 1.82) is 0 Å². The van der Waals surface area contributed by atoms with Crippen molar-refractivity contribution < 1.29 is 9.90 Å². The summed E-state index contributed by atoms with van der Waals surface area (Å²) in [7, 11) is 0. The van der Waals surface area contributed by atoms with E-state index in [0.717, 1.165) is 5.56 Å². The Kier molecular flexibility index (Phi) is 3.61. The standard InChI is InChI=1S/C10H13NO2/c11-9(10(13)7-12)6-8-4-2-1-3-5-8/h1-5,7,9-10,13H,6,11H2/t9-,10+/m0/s1. The van der Waals surface area contributed by atoms with Crippen LogP contribution in [0.2, 0.25) is 0 Å². The number of benzene rings is 1. The van der Waals surface area contributed by atoms with Gasteiger partial charge in [0.05, 0.1) is 0 Å². The molecule has 0 heterocycles. The van der Waals surface area contributed by atoms with Crippen LogP contribution < -0.4 is 5.73 Å². The van der Waals surface area contributed by atoms with Crippen LogP contribution >= 0.6 is 0 Å². The molecule has 0 aromatic heterocycles. The van der Waals surface area contributed by atoms with E-state index < -0.39 is 12.1 Å². The molecule has 0 saturated heterocycles. The van der Waals surface area contributed by atoms with Crippen LogP contribution in [0, 0.1) is 0 Å². The van der Waals surface area contributed by atoms with Crippen molar-refractivity contribution >= 4 is 6.29 Å². The van der Waals surface area contributed by atoms with Crippen LogP contribution in [0.5, 0.6) is 0 Å². The highest BCUT2D eigenvalue weighted by Crippen LogP contribution is 2.03. The lowest BCUT2D eigenvalue weighted by Gasteiger charge is -2.12. The normalized spacial score (nSPS) is 14.9. The molecule has 3 heteroatoms. The SMILES string of the molecule is N[C@@H](Cc1ccccc1)[C@H](O)C=O. The minimum Gasteiger partial charge on any atom is -0.384 e. The fourth-order valence-corrected chi connectivity index (χ4v) is 1.11. The van der Waals surface area contributed by atoms with Crippen LogP contribution in [0.15, 0.2) is 30.3 Å². The summed E-state index contributed by atoms with van der Waals surface area (Å²) in [6.07, 6.45) is -0.0887. The van der Waals surface area contributed by atoms with Crippen molar-refractivity contribution in [3.05, 3.63) is 35.9 Å². The molecule has 0 amide bonds. The maximum atomic E-state index is 10.2. The first-order valence-electron chi connectivity index (χ1n) is 4.17. The third-order valence-electron chi connectivity index (χ3n) is 1.89. The predicted molar refractivity (Wildman–Crippen MR) is 50.2 cm³/mol. The molecule has 3 N–H and O–H groups in total. The predicted octanol–water partition coefficient (Wildman–Crippen LogP) is 0.116. The van der Waals surface area contributed by atoms with E-state index in [9.17, 15) is 4.79 Å². The lowest BCUT2D eigenvalue weighted by molar-refractivity contribution is -0.115. The summed E-state index contributed by atoms with van der Waals surface area (Å²) < 4.78 is 0. The van der Waals surface area contributed by atoms with E-state index in [-0.39, 0.29) is 0 Å². The first-order valence-corrected chi connectivity index (χ1v) is 4.17.